The number of hydrogen-bond acceptors (Lipinski definition) is 3. The summed E-state index contributed by atoms with van der Waals surface area (Å²) in [6, 6.07) is 8.04. The second-order valence-electron chi connectivity index (χ2n) is 6.91. The minimum Gasteiger partial charge on any atom is -0.367 e. The van der Waals surface area contributed by atoms with Gasteiger partial charge in [0, 0.05) is 25.7 Å². The van der Waals surface area contributed by atoms with Crippen LogP contribution in [0.3, 0.4) is 0 Å². The molecule has 0 atom stereocenters. The van der Waals surface area contributed by atoms with Crippen LogP contribution in [0.2, 0.25) is 0 Å². The lowest BCUT2D eigenvalue weighted by molar-refractivity contribution is -0.176. The van der Waals surface area contributed by atoms with Gasteiger partial charge in [0.2, 0.25) is 0 Å². The molecule has 158 valence electrons. The van der Waals surface area contributed by atoms with Crippen LogP contribution < -0.4 is 10.6 Å². The third kappa shape index (κ3) is 8.93. The van der Waals surface area contributed by atoms with Crippen LogP contribution in [0.1, 0.15) is 37.8 Å². The molecule has 5 nitrogen and oxygen atoms in total. The first-order valence-corrected chi connectivity index (χ1v) is 9.89. The van der Waals surface area contributed by atoms with Gasteiger partial charge >= 0.3 is 6.18 Å². The van der Waals surface area contributed by atoms with Crippen LogP contribution >= 0.6 is 0 Å². The molecule has 0 saturated heterocycles. The van der Waals surface area contributed by atoms with Crippen LogP contribution in [0, 0.1) is 0 Å². The molecule has 0 bridgehead atoms. The highest BCUT2D eigenvalue weighted by Crippen LogP contribution is 2.25. The molecule has 1 aliphatic rings. The first kappa shape index (κ1) is 22.5. The number of ether oxygens (including phenoxy) is 1. The summed E-state index contributed by atoms with van der Waals surface area (Å²) in [6.45, 7) is 7.11. The smallest absolute Gasteiger partial charge is 0.367 e. The minimum absolute atomic E-state index is 0.0534. The van der Waals surface area contributed by atoms with Crippen LogP contribution in [-0.4, -0.2) is 55.9 Å². The molecule has 1 aromatic carbocycles. The van der Waals surface area contributed by atoms with Gasteiger partial charge in [-0.3, -0.25) is 4.90 Å². The monoisotopic (exact) mass is 400 g/mol. The molecule has 2 rings (SSSR count). The van der Waals surface area contributed by atoms with E-state index >= 15 is 0 Å². The summed E-state index contributed by atoms with van der Waals surface area (Å²) in [4.78, 5) is 7.07. The van der Waals surface area contributed by atoms with E-state index in [1.165, 1.54) is 12.8 Å². The number of nitrogens with one attached hydrogen (secondary N) is 2. The molecule has 0 spiro atoms. The van der Waals surface area contributed by atoms with Gasteiger partial charge in [0.25, 0.3) is 0 Å². The number of rotatable bonds is 11. The summed E-state index contributed by atoms with van der Waals surface area (Å²) >= 11 is 0. The van der Waals surface area contributed by atoms with E-state index in [4.69, 9.17) is 0 Å². The number of halogens is 3. The maximum absolute atomic E-state index is 12.1. The van der Waals surface area contributed by atoms with Crippen molar-refractivity contribution >= 4 is 5.96 Å². The second kappa shape index (κ2) is 11.3. The zero-order chi connectivity index (χ0) is 20.4. The number of alkyl halides is 3. The molecule has 0 aliphatic heterocycles. The second-order valence-corrected chi connectivity index (χ2v) is 6.91. The molecule has 28 heavy (non-hydrogen) atoms. The summed E-state index contributed by atoms with van der Waals surface area (Å²) in [7, 11) is 0. The summed E-state index contributed by atoms with van der Waals surface area (Å²) in [6.07, 6.45) is -1.68. The number of benzene rings is 1. The normalized spacial score (nSPS) is 15.1. The summed E-state index contributed by atoms with van der Waals surface area (Å²) in [5, 5.41) is 6.60. The van der Waals surface area contributed by atoms with E-state index in [1.54, 1.807) is 12.1 Å². The predicted molar refractivity (Wildman–Crippen MR) is 105 cm³/mol. The van der Waals surface area contributed by atoms with Crippen LogP contribution in [0.15, 0.2) is 29.3 Å². The van der Waals surface area contributed by atoms with Crippen molar-refractivity contribution in [1.29, 1.82) is 0 Å². The van der Waals surface area contributed by atoms with Crippen LogP contribution in [0.4, 0.5) is 13.2 Å². The Labute approximate surface area is 165 Å². The summed E-state index contributed by atoms with van der Waals surface area (Å²) in [5.74, 6) is 0.770. The molecule has 0 aromatic heterocycles. The van der Waals surface area contributed by atoms with E-state index in [0.29, 0.717) is 12.1 Å². The Balaban J connectivity index is 1.77. The largest absolute Gasteiger partial charge is 0.411 e. The highest BCUT2D eigenvalue weighted by Gasteiger charge is 2.27. The molecular weight excluding hydrogens is 369 g/mol. The van der Waals surface area contributed by atoms with Crippen molar-refractivity contribution in [3.05, 3.63) is 35.4 Å². The average Bonchev–Trinajstić information content (AvgIpc) is 3.48. The summed E-state index contributed by atoms with van der Waals surface area (Å²) in [5.41, 5.74) is 1.70. The van der Waals surface area contributed by atoms with Gasteiger partial charge in [0.05, 0.1) is 13.2 Å². The molecule has 0 heterocycles. The van der Waals surface area contributed by atoms with Gasteiger partial charge in [-0.1, -0.05) is 31.2 Å². The molecule has 0 unspecified atom stereocenters. The summed E-state index contributed by atoms with van der Waals surface area (Å²) < 4.78 is 41.0. The predicted octanol–water partition coefficient (Wildman–Crippen LogP) is 3.30. The van der Waals surface area contributed by atoms with E-state index in [2.05, 4.69) is 32.2 Å². The zero-order valence-corrected chi connectivity index (χ0v) is 16.7. The van der Waals surface area contributed by atoms with Crippen LogP contribution in [-0.2, 0) is 17.9 Å². The molecule has 2 N–H and O–H groups in total. The molecule has 0 radical (unpaired) electrons. The Hall–Kier alpha value is -1.80. The number of hydrogen-bond donors (Lipinski definition) is 2. The lowest BCUT2D eigenvalue weighted by atomic mass is 10.1. The Morgan fingerprint density at radius 2 is 1.82 bits per heavy atom. The van der Waals surface area contributed by atoms with Gasteiger partial charge < -0.3 is 15.4 Å². The zero-order valence-electron chi connectivity index (χ0n) is 16.7. The van der Waals surface area contributed by atoms with Crippen molar-refractivity contribution in [3.8, 4) is 0 Å². The Bertz CT molecular complexity index is 600. The Kier molecular flexibility index (Phi) is 9.05. The van der Waals surface area contributed by atoms with Gasteiger partial charge in [0.1, 0.15) is 6.61 Å². The van der Waals surface area contributed by atoms with Crippen molar-refractivity contribution in [2.45, 2.75) is 52.1 Å². The van der Waals surface area contributed by atoms with Gasteiger partial charge in [0.15, 0.2) is 5.96 Å². The standard InChI is InChI=1S/C20H31F3N4O/c1-3-24-19(25-11-12-27(4-2)18-9-10-18)26-13-16-5-7-17(8-6-16)14-28-15-20(21,22)23/h5-8,18H,3-4,9-15H2,1-2H3,(H2,24,25,26). The third-order valence-corrected chi connectivity index (χ3v) is 4.48. The lowest BCUT2D eigenvalue weighted by Crippen LogP contribution is -2.42. The van der Waals surface area contributed by atoms with Crippen LogP contribution in [0.5, 0.6) is 0 Å². The fourth-order valence-corrected chi connectivity index (χ4v) is 2.89. The van der Waals surface area contributed by atoms with Gasteiger partial charge in [-0.15, -0.1) is 0 Å². The van der Waals surface area contributed by atoms with Crippen LogP contribution in [0.25, 0.3) is 0 Å². The number of likely N-dealkylation sites (N-methyl/N-ethyl adjacent to an activating group) is 1. The Morgan fingerprint density at radius 3 is 2.39 bits per heavy atom. The minimum atomic E-state index is -4.29. The van der Waals surface area contributed by atoms with E-state index in [-0.39, 0.29) is 6.61 Å². The third-order valence-electron chi connectivity index (χ3n) is 4.48. The van der Waals surface area contributed by atoms with E-state index in [0.717, 1.165) is 43.7 Å². The topological polar surface area (TPSA) is 48.9 Å². The molecule has 1 aromatic rings. The van der Waals surface area contributed by atoms with Gasteiger partial charge in [-0.2, -0.15) is 13.2 Å². The molecule has 8 heteroatoms. The SMILES string of the molecule is CCNC(=NCc1ccc(COCC(F)(F)F)cc1)NCCN(CC)C1CC1. The fourth-order valence-electron chi connectivity index (χ4n) is 2.89. The maximum atomic E-state index is 12.1. The highest BCUT2D eigenvalue weighted by atomic mass is 19.4. The maximum Gasteiger partial charge on any atom is 0.411 e. The molecule has 0 amide bonds. The van der Waals surface area contributed by atoms with Gasteiger partial charge in [-0.25, -0.2) is 4.99 Å². The number of aliphatic imine (C=N–C) groups is 1. The van der Waals surface area contributed by atoms with Crippen molar-refractivity contribution in [3.63, 3.8) is 0 Å². The number of nitrogens with zero attached hydrogens (tertiary/aromatic N) is 2. The van der Waals surface area contributed by atoms with Gasteiger partial charge in [-0.05, 0) is 37.4 Å². The highest BCUT2D eigenvalue weighted by molar-refractivity contribution is 5.79. The quantitative estimate of drug-likeness (QED) is 0.442. The molecular formula is C20H31F3N4O. The lowest BCUT2D eigenvalue weighted by Gasteiger charge is -2.20. The first-order chi connectivity index (χ1) is 13.4. The van der Waals surface area contributed by atoms with E-state index in [1.807, 2.05) is 19.1 Å². The van der Waals surface area contributed by atoms with Crippen molar-refractivity contribution in [2.75, 3.05) is 32.8 Å². The Morgan fingerprint density at radius 1 is 1.14 bits per heavy atom. The fraction of sp³-hybridized carbons (Fsp3) is 0.650. The van der Waals surface area contributed by atoms with Crippen molar-refractivity contribution in [1.82, 2.24) is 15.5 Å². The van der Waals surface area contributed by atoms with E-state index in [9.17, 15) is 13.2 Å². The van der Waals surface area contributed by atoms with Crippen molar-refractivity contribution in [2.24, 2.45) is 4.99 Å². The molecule has 1 fully saturated rings. The van der Waals surface area contributed by atoms with Crippen molar-refractivity contribution < 1.29 is 17.9 Å². The molecule has 1 saturated carbocycles. The molecule has 1 aliphatic carbocycles. The number of guanidine groups is 1. The average molecular weight is 400 g/mol. The first-order valence-electron chi connectivity index (χ1n) is 9.89. The van der Waals surface area contributed by atoms with E-state index < -0.39 is 12.8 Å².